The first-order valence-corrected chi connectivity index (χ1v) is 11.7. The van der Waals surface area contributed by atoms with E-state index in [1.54, 1.807) is 0 Å². The highest BCUT2D eigenvalue weighted by Crippen LogP contribution is 2.45. The van der Waals surface area contributed by atoms with Gasteiger partial charge in [0.1, 0.15) is 22.7 Å². The third-order valence-electron chi connectivity index (χ3n) is 5.14. The van der Waals surface area contributed by atoms with E-state index in [2.05, 4.69) is 31.0 Å². The molecule has 0 atom stereocenters. The molecule has 1 saturated heterocycles. The molecule has 1 aliphatic rings. The van der Waals surface area contributed by atoms with Crippen molar-refractivity contribution < 1.29 is 37.9 Å². The molecule has 1 aromatic carbocycles. The summed E-state index contributed by atoms with van der Waals surface area (Å²) in [6.45, 7) is -0.223. The van der Waals surface area contributed by atoms with Crippen molar-refractivity contribution in [1.82, 2.24) is 15.2 Å². The van der Waals surface area contributed by atoms with E-state index >= 15 is 0 Å². The molecule has 1 aliphatic heterocycles. The number of nitro groups is 1. The summed E-state index contributed by atoms with van der Waals surface area (Å²) in [5.41, 5.74) is 0.0958. The maximum Gasteiger partial charge on any atom is 0.373 e. The van der Waals surface area contributed by atoms with Crippen molar-refractivity contribution in [3.8, 4) is 17.4 Å². The number of nitrogens with zero attached hydrogens (tertiary/aromatic N) is 3. The van der Waals surface area contributed by atoms with E-state index < -0.39 is 22.8 Å². The summed E-state index contributed by atoms with van der Waals surface area (Å²) in [6, 6.07) is 6.14. The van der Waals surface area contributed by atoms with Gasteiger partial charge in [-0.15, -0.1) is 0 Å². The smallest absolute Gasteiger partial charge is 0.373 e. The molecule has 15 heteroatoms. The van der Waals surface area contributed by atoms with Gasteiger partial charge in [0, 0.05) is 16.6 Å². The van der Waals surface area contributed by atoms with Crippen LogP contribution < -0.4 is 14.8 Å². The fraction of sp³-hybridized carbons (Fsp3) is 0.130. The number of benzene rings is 1. The van der Waals surface area contributed by atoms with E-state index in [0.717, 1.165) is 11.1 Å². The fourth-order valence-corrected chi connectivity index (χ4v) is 3.95. The van der Waals surface area contributed by atoms with Gasteiger partial charge in [-0.3, -0.25) is 19.8 Å². The molecule has 3 heterocycles. The predicted octanol–water partition coefficient (Wildman–Crippen LogP) is 4.68. The highest BCUT2D eigenvalue weighted by molar-refractivity contribution is 9.10. The number of pyridine rings is 1. The Kier molecular flexibility index (Phi) is 7.64. The molecule has 0 radical (unpaired) electrons. The zero-order valence-corrected chi connectivity index (χ0v) is 21.9. The molecule has 2 aromatic heterocycles. The molecule has 1 fully saturated rings. The number of methoxy groups -OCH3 is 2. The number of ether oxygens (including phenoxy) is 3. The van der Waals surface area contributed by atoms with Gasteiger partial charge in [0.2, 0.25) is 11.6 Å². The van der Waals surface area contributed by atoms with Gasteiger partial charge in [-0.1, -0.05) is 11.6 Å². The van der Waals surface area contributed by atoms with Gasteiger partial charge in [-0.2, -0.15) is 0 Å². The summed E-state index contributed by atoms with van der Waals surface area (Å²) in [5.74, 6) is -0.970. The number of amides is 3. The van der Waals surface area contributed by atoms with E-state index in [0.29, 0.717) is 10.0 Å². The third-order valence-corrected chi connectivity index (χ3v) is 6.58. The minimum Gasteiger partial charge on any atom is -0.493 e. The van der Waals surface area contributed by atoms with Gasteiger partial charge in [0.05, 0.1) is 25.7 Å². The molecule has 0 bridgehead atoms. The van der Waals surface area contributed by atoms with Crippen LogP contribution in [0.15, 0.2) is 51.1 Å². The number of esters is 1. The summed E-state index contributed by atoms with van der Waals surface area (Å²) in [5, 5.41) is 13.4. The minimum absolute atomic E-state index is 0.0240. The van der Waals surface area contributed by atoms with E-state index in [4.69, 9.17) is 25.5 Å². The van der Waals surface area contributed by atoms with Gasteiger partial charge in [-0.25, -0.2) is 14.6 Å². The van der Waals surface area contributed by atoms with E-state index in [1.807, 2.05) is 0 Å². The minimum atomic E-state index is -0.698. The van der Waals surface area contributed by atoms with Crippen LogP contribution in [0.4, 0.5) is 10.5 Å². The number of imide groups is 1. The molecule has 1 N–H and O–H groups in total. The second-order valence-electron chi connectivity index (χ2n) is 7.48. The Hall–Kier alpha value is -4.43. The molecule has 0 spiro atoms. The van der Waals surface area contributed by atoms with Crippen LogP contribution in [0, 0.1) is 10.1 Å². The van der Waals surface area contributed by atoms with Crippen LogP contribution in [0.5, 0.6) is 17.4 Å². The standard InChI is InChI=1S/C23H16BrClN4O9/c1-35-16-8-11(18(24)19(25)20(16)38-17-6-3-12(9-26-17)29(33)34)7-14-21(30)28(23(32)27-14)10-13-4-5-15(37-13)22(31)36-2/h3-9H,10H2,1-2H3,(H,27,32)/b14-7-. The SMILES string of the molecule is COC(=O)c1ccc(CN2C(=O)N/C(=C\c3cc(OC)c(Oc4ccc([N+](=O)[O-])cn4)c(Cl)c3Br)C2=O)o1. The Bertz CT molecular complexity index is 1490. The quantitative estimate of drug-likeness (QED) is 0.125. The number of hydrogen-bond donors (Lipinski definition) is 1. The lowest BCUT2D eigenvalue weighted by molar-refractivity contribution is -0.385. The molecular formula is C23H16BrClN4O9. The Morgan fingerprint density at radius 1 is 1.29 bits per heavy atom. The zero-order valence-electron chi connectivity index (χ0n) is 19.5. The van der Waals surface area contributed by atoms with Crippen LogP contribution in [0.25, 0.3) is 6.08 Å². The number of halogens is 2. The Morgan fingerprint density at radius 2 is 2.05 bits per heavy atom. The van der Waals surface area contributed by atoms with Crippen molar-refractivity contribution in [3.63, 3.8) is 0 Å². The van der Waals surface area contributed by atoms with E-state index in [9.17, 15) is 24.5 Å². The van der Waals surface area contributed by atoms with Gasteiger partial charge in [0.25, 0.3) is 11.6 Å². The molecule has 196 valence electrons. The number of carbonyl (C=O) groups is 3. The summed E-state index contributed by atoms with van der Waals surface area (Å²) in [6.07, 6.45) is 2.41. The number of aromatic nitrogens is 1. The fourth-order valence-electron chi connectivity index (χ4n) is 3.30. The Balaban J connectivity index is 1.58. The van der Waals surface area contributed by atoms with Crippen molar-refractivity contribution in [2.24, 2.45) is 0 Å². The molecule has 0 aliphatic carbocycles. The highest BCUT2D eigenvalue weighted by atomic mass is 79.9. The van der Waals surface area contributed by atoms with Gasteiger partial charge in [0.15, 0.2) is 11.5 Å². The first kappa shape index (κ1) is 26.6. The van der Waals surface area contributed by atoms with Crippen molar-refractivity contribution in [3.05, 3.63) is 78.9 Å². The van der Waals surface area contributed by atoms with Crippen molar-refractivity contribution in [2.75, 3.05) is 14.2 Å². The predicted molar refractivity (Wildman–Crippen MR) is 134 cm³/mol. The van der Waals surface area contributed by atoms with Crippen LogP contribution in [-0.2, 0) is 16.1 Å². The van der Waals surface area contributed by atoms with Gasteiger partial charge >= 0.3 is 12.0 Å². The number of nitrogens with one attached hydrogen (secondary N) is 1. The summed E-state index contributed by atoms with van der Waals surface area (Å²) in [4.78, 5) is 52.0. The van der Waals surface area contributed by atoms with Crippen LogP contribution in [-0.4, -0.2) is 46.9 Å². The van der Waals surface area contributed by atoms with Gasteiger partial charge < -0.3 is 23.9 Å². The number of furan rings is 1. The monoisotopic (exact) mass is 606 g/mol. The lowest BCUT2D eigenvalue weighted by Gasteiger charge is -2.14. The van der Waals surface area contributed by atoms with Crippen LogP contribution in [0.3, 0.4) is 0 Å². The number of rotatable bonds is 8. The maximum absolute atomic E-state index is 12.9. The van der Waals surface area contributed by atoms with Crippen molar-refractivity contribution >= 4 is 57.2 Å². The average molecular weight is 608 g/mol. The number of hydrogen-bond acceptors (Lipinski definition) is 10. The molecule has 0 unspecified atom stereocenters. The molecule has 3 amide bonds. The number of carbonyl (C=O) groups excluding carboxylic acids is 3. The Labute approximate surface area is 227 Å². The van der Waals surface area contributed by atoms with Crippen LogP contribution >= 0.6 is 27.5 Å². The summed E-state index contributed by atoms with van der Waals surface area (Å²) >= 11 is 9.84. The normalized spacial score (nSPS) is 14.0. The zero-order chi connectivity index (χ0) is 27.6. The second-order valence-corrected chi connectivity index (χ2v) is 8.65. The van der Waals surface area contributed by atoms with Gasteiger partial charge in [-0.05, 0) is 45.8 Å². The maximum atomic E-state index is 12.9. The topological polar surface area (TPSA) is 163 Å². The number of urea groups is 1. The van der Waals surface area contributed by atoms with E-state index in [1.165, 1.54) is 50.6 Å². The van der Waals surface area contributed by atoms with Crippen LogP contribution in [0.2, 0.25) is 5.02 Å². The second kappa shape index (κ2) is 10.9. The summed E-state index contributed by atoms with van der Waals surface area (Å²) < 4.78 is 21.3. The van der Waals surface area contributed by atoms with Crippen LogP contribution in [0.1, 0.15) is 21.9 Å². The third kappa shape index (κ3) is 5.31. The largest absolute Gasteiger partial charge is 0.493 e. The highest BCUT2D eigenvalue weighted by Gasteiger charge is 2.35. The lowest BCUT2D eigenvalue weighted by Crippen LogP contribution is -2.30. The first-order valence-electron chi connectivity index (χ1n) is 10.5. The first-order chi connectivity index (χ1) is 18.1. The van der Waals surface area contributed by atoms with E-state index in [-0.39, 0.29) is 51.9 Å². The molecule has 4 rings (SSSR count). The average Bonchev–Trinajstić information content (AvgIpc) is 3.48. The summed E-state index contributed by atoms with van der Waals surface area (Å²) in [7, 11) is 2.56. The van der Waals surface area contributed by atoms with Crippen molar-refractivity contribution in [1.29, 1.82) is 0 Å². The molecule has 38 heavy (non-hydrogen) atoms. The molecule has 3 aromatic rings. The Morgan fingerprint density at radius 3 is 2.68 bits per heavy atom. The lowest BCUT2D eigenvalue weighted by atomic mass is 10.1. The molecular weight excluding hydrogens is 592 g/mol. The molecule has 0 saturated carbocycles. The van der Waals surface area contributed by atoms with Crippen molar-refractivity contribution in [2.45, 2.75) is 6.54 Å². The molecule has 13 nitrogen and oxygen atoms in total.